The van der Waals surface area contributed by atoms with E-state index in [2.05, 4.69) is 0 Å². The van der Waals surface area contributed by atoms with E-state index in [1.54, 1.807) is 0 Å². The summed E-state index contributed by atoms with van der Waals surface area (Å²) >= 11 is 0. The number of hydrogen-bond donors (Lipinski definition) is 0. The van der Waals surface area contributed by atoms with Crippen LogP contribution in [0, 0.1) is 0 Å². The molecule has 0 radical (unpaired) electrons. The zero-order valence-corrected chi connectivity index (χ0v) is 7.65. The van der Waals surface area contributed by atoms with E-state index in [0.717, 1.165) is 12.1 Å². The highest BCUT2D eigenvalue weighted by atomic mass is 19.4. The van der Waals surface area contributed by atoms with Crippen molar-refractivity contribution in [2.75, 3.05) is 0 Å². The topological polar surface area (TPSA) is 22.9 Å². The van der Waals surface area contributed by atoms with Crippen LogP contribution in [-0.2, 0) is 5.60 Å². The zero-order valence-electron chi connectivity index (χ0n) is 7.65. The van der Waals surface area contributed by atoms with Crippen LogP contribution in [0.15, 0.2) is 30.3 Å². The van der Waals surface area contributed by atoms with Crippen molar-refractivity contribution in [1.29, 1.82) is 0 Å². The van der Waals surface area contributed by atoms with Gasteiger partial charge in [0, 0.05) is 0 Å². The van der Waals surface area contributed by atoms with Gasteiger partial charge in [-0.25, -0.2) is 0 Å². The minimum Gasteiger partial charge on any atom is -0.424 e. The van der Waals surface area contributed by atoms with Gasteiger partial charge in [0.15, 0.2) is 0 Å². The second-order valence-electron chi connectivity index (χ2n) is 3.11. The van der Waals surface area contributed by atoms with Crippen LogP contribution < -0.4 is 0 Å². The Morgan fingerprint density at radius 1 is 0.750 bits per heavy atom. The number of halogens is 6. The highest BCUT2D eigenvalue weighted by molar-refractivity contribution is 5.26. The van der Waals surface area contributed by atoms with Crippen molar-refractivity contribution in [3.05, 3.63) is 35.9 Å². The van der Waals surface area contributed by atoms with Gasteiger partial charge in [-0.2, -0.15) is 26.3 Å². The van der Waals surface area contributed by atoms with Crippen LogP contribution in [0.25, 0.3) is 0 Å². The Bertz CT molecular complexity index is 339. The van der Waals surface area contributed by atoms with Gasteiger partial charge in [0.05, 0.1) is 5.56 Å². The molecular weight excluding hydrogens is 238 g/mol. The van der Waals surface area contributed by atoms with Crippen LogP contribution in [0.2, 0.25) is 0 Å². The maximum absolute atomic E-state index is 12.4. The fourth-order valence-corrected chi connectivity index (χ4v) is 1.18. The van der Waals surface area contributed by atoms with Crippen LogP contribution in [0.5, 0.6) is 0 Å². The summed E-state index contributed by atoms with van der Waals surface area (Å²) in [6.45, 7) is 0. The van der Waals surface area contributed by atoms with Crippen LogP contribution in [0.1, 0.15) is 5.56 Å². The van der Waals surface area contributed by atoms with Gasteiger partial charge in [0.2, 0.25) is 0 Å². The van der Waals surface area contributed by atoms with E-state index in [4.69, 9.17) is 5.11 Å². The van der Waals surface area contributed by atoms with Gasteiger partial charge >= 0.3 is 18.0 Å². The molecule has 1 aromatic carbocycles. The minimum absolute atomic E-state index is 0.633. The lowest BCUT2D eigenvalue weighted by molar-refractivity contribution is -0.376. The van der Waals surface area contributed by atoms with E-state index in [0.29, 0.717) is 12.1 Å². The molecule has 0 aliphatic rings. The van der Waals surface area contributed by atoms with Crippen LogP contribution in [0.3, 0.4) is 0 Å². The maximum Gasteiger partial charge on any atom is 0.480 e. The molecule has 0 fully saturated rings. The molecule has 0 aromatic heterocycles. The van der Waals surface area contributed by atoms with Gasteiger partial charge in [-0.1, -0.05) is 30.3 Å². The van der Waals surface area contributed by atoms with Gasteiger partial charge in [-0.3, -0.25) is 0 Å². The van der Waals surface area contributed by atoms with Gasteiger partial charge in [-0.15, -0.1) is 0 Å². The summed E-state index contributed by atoms with van der Waals surface area (Å²) in [7, 11) is 0. The van der Waals surface area contributed by atoms with Gasteiger partial charge in [0.1, 0.15) is 0 Å². The summed E-state index contributed by atoms with van der Waals surface area (Å²) in [4.78, 5) is 0. The lowest BCUT2D eigenvalue weighted by Crippen LogP contribution is -2.53. The molecule has 1 nitrogen and oxygen atoms in total. The standard InChI is InChI=1S/C9H6F6O/c10-8(11,12)7(16,9(13,14)15)6-4-2-1-3-5-6/h1-5,16H/p+1. The second-order valence-corrected chi connectivity index (χ2v) is 3.11. The Morgan fingerprint density at radius 2 is 1.12 bits per heavy atom. The molecule has 2 N–H and O–H groups in total. The first-order valence-electron chi connectivity index (χ1n) is 4.04. The van der Waals surface area contributed by atoms with Crippen molar-refractivity contribution in [3.8, 4) is 0 Å². The minimum atomic E-state index is -5.72. The van der Waals surface area contributed by atoms with Crippen molar-refractivity contribution in [2.24, 2.45) is 0 Å². The average molecular weight is 245 g/mol. The van der Waals surface area contributed by atoms with E-state index in [-0.39, 0.29) is 0 Å². The molecule has 0 unspecified atom stereocenters. The highest BCUT2D eigenvalue weighted by Gasteiger charge is 2.76. The first-order chi connectivity index (χ1) is 7.11. The van der Waals surface area contributed by atoms with E-state index >= 15 is 0 Å². The third-order valence-electron chi connectivity index (χ3n) is 2.06. The smallest absolute Gasteiger partial charge is 0.424 e. The molecule has 0 aliphatic heterocycles. The first-order valence-corrected chi connectivity index (χ1v) is 4.04. The van der Waals surface area contributed by atoms with Crippen LogP contribution in [0.4, 0.5) is 26.3 Å². The lowest BCUT2D eigenvalue weighted by atomic mass is 9.92. The van der Waals surface area contributed by atoms with Crippen molar-refractivity contribution in [3.63, 3.8) is 0 Å². The molecule has 0 saturated carbocycles. The predicted molar refractivity (Wildman–Crippen MR) is 43.8 cm³/mol. The summed E-state index contributed by atoms with van der Waals surface area (Å²) in [5.74, 6) is 0. The molecule has 0 saturated heterocycles. The number of alkyl halides is 6. The number of rotatable bonds is 1. The molecular formula is C9H7F6O+. The molecule has 0 spiro atoms. The molecule has 7 heteroatoms. The molecule has 1 aromatic rings. The quantitative estimate of drug-likeness (QED) is 0.536. The normalized spacial score (nSPS) is 13.9. The van der Waals surface area contributed by atoms with Gasteiger partial charge in [-0.05, 0) is 0 Å². The summed E-state index contributed by atoms with van der Waals surface area (Å²) in [5, 5.41) is 6.71. The average Bonchev–Trinajstić information content (AvgIpc) is 2.14. The molecule has 0 amide bonds. The van der Waals surface area contributed by atoms with Crippen molar-refractivity contribution in [1.82, 2.24) is 0 Å². The first kappa shape index (κ1) is 12.8. The van der Waals surface area contributed by atoms with Crippen LogP contribution >= 0.6 is 0 Å². The monoisotopic (exact) mass is 245 g/mol. The number of benzene rings is 1. The Labute approximate surface area is 86.3 Å². The summed E-state index contributed by atoms with van der Waals surface area (Å²) in [6, 6.07) is 4.59. The molecule has 0 heterocycles. The van der Waals surface area contributed by atoms with Crippen LogP contribution in [-0.4, -0.2) is 17.5 Å². The largest absolute Gasteiger partial charge is 0.480 e. The fourth-order valence-electron chi connectivity index (χ4n) is 1.18. The molecule has 16 heavy (non-hydrogen) atoms. The third kappa shape index (κ3) is 1.87. The van der Waals surface area contributed by atoms with Gasteiger partial charge < -0.3 is 5.11 Å². The Kier molecular flexibility index (Phi) is 2.93. The third-order valence-corrected chi connectivity index (χ3v) is 2.06. The zero-order chi connectivity index (χ0) is 12.6. The summed E-state index contributed by atoms with van der Waals surface area (Å²) in [6.07, 6.45) is -11.4. The molecule has 0 atom stereocenters. The summed E-state index contributed by atoms with van der Waals surface area (Å²) in [5.41, 5.74) is -5.73. The van der Waals surface area contributed by atoms with Crippen molar-refractivity contribution < 1.29 is 31.4 Å². The van der Waals surface area contributed by atoms with Crippen molar-refractivity contribution in [2.45, 2.75) is 18.0 Å². The second kappa shape index (κ2) is 3.65. The Hall–Kier alpha value is -1.24. The predicted octanol–water partition coefficient (Wildman–Crippen LogP) is 2.73. The summed E-state index contributed by atoms with van der Waals surface area (Å²) < 4.78 is 74.3. The van der Waals surface area contributed by atoms with E-state index in [9.17, 15) is 26.3 Å². The molecule has 90 valence electrons. The lowest BCUT2D eigenvalue weighted by Gasteiger charge is -2.28. The van der Waals surface area contributed by atoms with Gasteiger partial charge in [0.25, 0.3) is 0 Å². The fraction of sp³-hybridized carbons (Fsp3) is 0.333. The Morgan fingerprint density at radius 3 is 1.44 bits per heavy atom. The highest BCUT2D eigenvalue weighted by Crippen LogP contribution is 2.49. The van der Waals surface area contributed by atoms with E-state index in [1.165, 1.54) is 6.07 Å². The molecule has 1 rings (SSSR count). The maximum atomic E-state index is 12.4. The van der Waals surface area contributed by atoms with E-state index < -0.39 is 23.5 Å². The number of hydrogen-bond acceptors (Lipinski definition) is 0. The van der Waals surface area contributed by atoms with Crippen molar-refractivity contribution >= 4 is 0 Å². The SMILES string of the molecule is [OH2+]C(c1ccccc1)(C(F)(F)F)C(F)(F)F. The van der Waals surface area contributed by atoms with E-state index in [1.807, 2.05) is 0 Å². The molecule has 0 aliphatic carbocycles. The molecule has 0 bridgehead atoms. The Balaban J connectivity index is 3.39.